The van der Waals surface area contributed by atoms with E-state index >= 15 is 0 Å². The summed E-state index contributed by atoms with van der Waals surface area (Å²) in [5.74, 6) is -0.771. The number of esters is 1. The Kier molecular flexibility index (Phi) is 6.56. The number of nitro benzene ring substituents is 1. The van der Waals surface area contributed by atoms with Gasteiger partial charge in [0.1, 0.15) is 5.69 Å². The maximum absolute atomic E-state index is 12.1. The van der Waals surface area contributed by atoms with Crippen molar-refractivity contribution in [2.75, 3.05) is 26.1 Å². The number of anilines is 1. The highest BCUT2D eigenvalue weighted by Crippen LogP contribution is 2.28. The molecule has 0 aliphatic rings. The van der Waals surface area contributed by atoms with E-state index in [1.54, 1.807) is 0 Å². The van der Waals surface area contributed by atoms with Gasteiger partial charge in [0.15, 0.2) is 18.1 Å². The molecular weight excluding hydrogens is 380 g/mol. The second kappa shape index (κ2) is 8.86. The van der Waals surface area contributed by atoms with Crippen LogP contribution >= 0.6 is 11.6 Å². The van der Waals surface area contributed by atoms with Crippen LogP contribution in [-0.2, 0) is 9.53 Å². The lowest BCUT2D eigenvalue weighted by Crippen LogP contribution is -2.21. The van der Waals surface area contributed by atoms with Gasteiger partial charge < -0.3 is 19.5 Å². The summed E-state index contributed by atoms with van der Waals surface area (Å²) in [5, 5.41) is 13.5. The van der Waals surface area contributed by atoms with Gasteiger partial charge in [0.25, 0.3) is 11.6 Å². The molecule has 2 aromatic rings. The van der Waals surface area contributed by atoms with Crippen molar-refractivity contribution in [3.8, 4) is 11.5 Å². The van der Waals surface area contributed by atoms with Gasteiger partial charge in [-0.15, -0.1) is 0 Å². The second-order valence-corrected chi connectivity index (χ2v) is 5.55. The molecule has 0 aliphatic heterocycles. The van der Waals surface area contributed by atoms with Crippen LogP contribution in [0.5, 0.6) is 11.5 Å². The minimum atomic E-state index is -0.772. The number of methoxy groups -OCH3 is 2. The van der Waals surface area contributed by atoms with E-state index in [1.165, 1.54) is 44.6 Å². The van der Waals surface area contributed by atoms with Crippen LogP contribution in [0.3, 0.4) is 0 Å². The van der Waals surface area contributed by atoms with E-state index in [2.05, 4.69) is 5.32 Å². The van der Waals surface area contributed by atoms with Crippen LogP contribution in [-0.4, -0.2) is 37.6 Å². The lowest BCUT2D eigenvalue weighted by molar-refractivity contribution is -0.383. The van der Waals surface area contributed by atoms with Crippen LogP contribution in [0.25, 0.3) is 0 Å². The zero-order valence-corrected chi connectivity index (χ0v) is 15.1. The molecule has 0 unspecified atom stereocenters. The van der Waals surface area contributed by atoms with Crippen molar-refractivity contribution in [2.24, 2.45) is 0 Å². The van der Waals surface area contributed by atoms with E-state index in [1.807, 2.05) is 0 Å². The number of carbonyl (C=O) groups excluding carboxylic acids is 2. The number of hydrogen-bond acceptors (Lipinski definition) is 7. The average molecular weight is 395 g/mol. The Morgan fingerprint density at radius 2 is 1.81 bits per heavy atom. The monoisotopic (exact) mass is 394 g/mol. The molecule has 0 atom stereocenters. The number of rotatable bonds is 7. The molecule has 0 aliphatic carbocycles. The summed E-state index contributed by atoms with van der Waals surface area (Å²) in [5.41, 5.74) is -0.284. The third-order valence-corrected chi connectivity index (χ3v) is 3.62. The summed E-state index contributed by atoms with van der Waals surface area (Å²) in [6, 6.07) is 8.09. The highest BCUT2D eigenvalue weighted by Gasteiger charge is 2.18. The van der Waals surface area contributed by atoms with Crippen LogP contribution in [0.1, 0.15) is 10.4 Å². The lowest BCUT2D eigenvalue weighted by atomic mass is 10.2. The van der Waals surface area contributed by atoms with Gasteiger partial charge in [-0.05, 0) is 30.3 Å². The van der Waals surface area contributed by atoms with E-state index in [4.69, 9.17) is 25.8 Å². The number of carbonyl (C=O) groups is 2. The largest absolute Gasteiger partial charge is 0.493 e. The number of benzene rings is 2. The molecule has 2 aromatic carbocycles. The Balaban J connectivity index is 2.03. The molecule has 0 fully saturated rings. The number of halogens is 1. The van der Waals surface area contributed by atoms with Crippen LogP contribution in [0.4, 0.5) is 11.4 Å². The predicted molar refractivity (Wildman–Crippen MR) is 96.6 cm³/mol. The molecule has 142 valence electrons. The summed E-state index contributed by atoms with van der Waals surface area (Å²) in [4.78, 5) is 34.3. The molecular formula is C17H15ClN2O7. The van der Waals surface area contributed by atoms with E-state index < -0.39 is 23.4 Å². The molecule has 1 amide bonds. The van der Waals surface area contributed by atoms with Crippen molar-refractivity contribution < 1.29 is 28.7 Å². The van der Waals surface area contributed by atoms with Crippen molar-refractivity contribution in [2.45, 2.75) is 0 Å². The Morgan fingerprint density at radius 1 is 1.11 bits per heavy atom. The predicted octanol–water partition coefficient (Wildman–Crippen LogP) is 3.06. The molecule has 0 heterocycles. The molecule has 0 spiro atoms. The van der Waals surface area contributed by atoms with E-state index in [9.17, 15) is 19.7 Å². The molecule has 0 saturated carbocycles. The highest BCUT2D eigenvalue weighted by molar-refractivity contribution is 6.31. The number of nitrogens with zero attached hydrogens (tertiary/aromatic N) is 1. The summed E-state index contributed by atoms with van der Waals surface area (Å²) in [6.07, 6.45) is 0. The van der Waals surface area contributed by atoms with Gasteiger partial charge >= 0.3 is 5.97 Å². The third-order valence-electron chi connectivity index (χ3n) is 3.38. The lowest BCUT2D eigenvalue weighted by Gasteiger charge is -2.10. The van der Waals surface area contributed by atoms with E-state index in [-0.39, 0.29) is 22.0 Å². The third kappa shape index (κ3) is 5.08. The molecule has 1 N–H and O–H groups in total. The van der Waals surface area contributed by atoms with Crippen molar-refractivity contribution >= 4 is 34.9 Å². The van der Waals surface area contributed by atoms with Crippen molar-refractivity contribution in [3.05, 3.63) is 57.1 Å². The molecule has 0 saturated heterocycles. The van der Waals surface area contributed by atoms with E-state index in [0.29, 0.717) is 11.5 Å². The summed E-state index contributed by atoms with van der Waals surface area (Å²) in [7, 11) is 2.87. The summed E-state index contributed by atoms with van der Waals surface area (Å²) < 4.78 is 15.1. The minimum Gasteiger partial charge on any atom is -0.493 e. The maximum Gasteiger partial charge on any atom is 0.338 e. The highest BCUT2D eigenvalue weighted by atomic mass is 35.5. The van der Waals surface area contributed by atoms with Gasteiger partial charge in [0, 0.05) is 11.1 Å². The SMILES string of the molecule is COc1ccc(C(=O)OCC(=O)Nc2cc(Cl)ccc2[N+](=O)[O-])cc1OC. The van der Waals surface area contributed by atoms with Crippen molar-refractivity contribution in [1.82, 2.24) is 0 Å². The first-order valence-corrected chi connectivity index (χ1v) is 7.86. The van der Waals surface area contributed by atoms with Crippen molar-refractivity contribution in [3.63, 3.8) is 0 Å². The molecule has 2 rings (SSSR count). The van der Waals surface area contributed by atoms with Gasteiger partial charge in [0.2, 0.25) is 0 Å². The fourth-order valence-corrected chi connectivity index (χ4v) is 2.30. The first-order valence-electron chi connectivity index (χ1n) is 7.48. The van der Waals surface area contributed by atoms with Gasteiger partial charge in [-0.25, -0.2) is 4.79 Å². The topological polar surface area (TPSA) is 117 Å². The zero-order chi connectivity index (χ0) is 20.0. The summed E-state index contributed by atoms with van der Waals surface area (Å²) in [6.45, 7) is -0.642. The minimum absolute atomic E-state index is 0.0975. The Labute approximate surface area is 158 Å². The number of nitrogens with one attached hydrogen (secondary N) is 1. The van der Waals surface area contributed by atoms with Crippen LogP contribution in [0.2, 0.25) is 5.02 Å². The smallest absolute Gasteiger partial charge is 0.338 e. The molecule has 10 heteroatoms. The average Bonchev–Trinajstić information content (AvgIpc) is 2.65. The number of nitro groups is 1. The molecule has 27 heavy (non-hydrogen) atoms. The second-order valence-electron chi connectivity index (χ2n) is 5.11. The standard InChI is InChI=1S/C17H15ClN2O7/c1-25-14-6-3-10(7-15(14)26-2)17(22)27-9-16(21)19-12-8-11(18)4-5-13(12)20(23)24/h3-8H,9H2,1-2H3,(H,19,21). The number of amides is 1. The van der Waals surface area contributed by atoms with Crippen molar-refractivity contribution in [1.29, 1.82) is 0 Å². The first-order chi connectivity index (χ1) is 12.8. The van der Waals surface area contributed by atoms with Gasteiger partial charge in [-0.1, -0.05) is 11.6 Å². The Hall–Kier alpha value is -3.33. The van der Waals surface area contributed by atoms with Crippen LogP contribution in [0.15, 0.2) is 36.4 Å². The Bertz CT molecular complexity index is 886. The molecule has 0 radical (unpaired) electrons. The van der Waals surface area contributed by atoms with Crippen LogP contribution < -0.4 is 14.8 Å². The normalized spacial score (nSPS) is 10.0. The fourth-order valence-electron chi connectivity index (χ4n) is 2.13. The zero-order valence-electron chi connectivity index (χ0n) is 14.4. The van der Waals surface area contributed by atoms with Crippen LogP contribution in [0, 0.1) is 10.1 Å². The fraction of sp³-hybridized carbons (Fsp3) is 0.176. The van der Waals surface area contributed by atoms with E-state index in [0.717, 1.165) is 6.07 Å². The van der Waals surface area contributed by atoms with Gasteiger partial charge in [-0.2, -0.15) is 0 Å². The summed E-state index contributed by atoms with van der Waals surface area (Å²) >= 11 is 5.78. The molecule has 0 aromatic heterocycles. The quantitative estimate of drug-likeness (QED) is 0.435. The number of hydrogen-bond donors (Lipinski definition) is 1. The Morgan fingerprint density at radius 3 is 2.44 bits per heavy atom. The first kappa shape index (κ1) is 20.0. The molecule has 0 bridgehead atoms. The number of ether oxygens (including phenoxy) is 3. The molecule has 9 nitrogen and oxygen atoms in total. The van der Waals surface area contributed by atoms with Gasteiger partial charge in [0.05, 0.1) is 24.7 Å². The maximum atomic E-state index is 12.1. The van der Waals surface area contributed by atoms with Gasteiger partial charge in [-0.3, -0.25) is 14.9 Å².